The molecule has 3 atom stereocenters. The monoisotopic (exact) mass is 284 g/mol. The van der Waals surface area contributed by atoms with Crippen LogP contribution < -0.4 is 5.48 Å². The first-order valence-electron chi connectivity index (χ1n) is 7.70. The van der Waals surface area contributed by atoms with Gasteiger partial charge in [0.05, 0.1) is 18.8 Å². The number of hydroxylamine groups is 1. The molecule has 21 heavy (non-hydrogen) atoms. The molecule has 4 heteroatoms. The smallest absolute Gasteiger partial charge is 0.183 e. The van der Waals surface area contributed by atoms with Crippen LogP contribution in [0.25, 0.3) is 5.70 Å². The first-order chi connectivity index (χ1) is 10.4. The van der Waals surface area contributed by atoms with E-state index in [1.165, 1.54) is 24.0 Å². The summed E-state index contributed by atoms with van der Waals surface area (Å²) in [6, 6.07) is 10.7. The predicted octanol–water partition coefficient (Wildman–Crippen LogP) is 2.92. The molecule has 0 saturated heterocycles. The van der Waals surface area contributed by atoms with Gasteiger partial charge in [0.25, 0.3) is 0 Å². The summed E-state index contributed by atoms with van der Waals surface area (Å²) < 4.78 is 5.39. The van der Waals surface area contributed by atoms with E-state index < -0.39 is 0 Å². The van der Waals surface area contributed by atoms with Crippen LogP contribution in [0.4, 0.5) is 0 Å². The van der Waals surface area contributed by atoms with E-state index in [1.54, 1.807) is 7.11 Å². The van der Waals surface area contributed by atoms with Gasteiger partial charge in [0, 0.05) is 12.3 Å². The molecule has 1 aliphatic carbocycles. The van der Waals surface area contributed by atoms with Crippen LogP contribution in [0.5, 0.6) is 0 Å². The third-order valence-electron chi connectivity index (χ3n) is 4.62. The zero-order valence-corrected chi connectivity index (χ0v) is 12.2. The summed E-state index contributed by atoms with van der Waals surface area (Å²) in [6.07, 6.45) is 4.68. The summed E-state index contributed by atoms with van der Waals surface area (Å²) in [4.78, 5) is 10.6. The van der Waals surface area contributed by atoms with Crippen LogP contribution in [0.3, 0.4) is 0 Å². The van der Waals surface area contributed by atoms with Crippen molar-refractivity contribution in [2.45, 2.75) is 37.8 Å². The Balaban J connectivity index is 1.61. The van der Waals surface area contributed by atoms with Crippen molar-refractivity contribution in [3.8, 4) is 0 Å². The molecule has 0 radical (unpaired) electrons. The summed E-state index contributed by atoms with van der Waals surface area (Å²) in [7, 11) is 1.72. The van der Waals surface area contributed by atoms with E-state index in [0.717, 1.165) is 24.4 Å². The topological polar surface area (TPSA) is 42.8 Å². The van der Waals surface area contributed by atoms with Gasteiger partial charge in [-0.3, -0.25) is 15.3 Å². The Labute approximate surface area is 124 Å². The minimum atomic E-state index is 0.199. The maximum atomic E-state index is 5.74. The lowest BCUT2D eigenvalue weighted by Gasteiger charge is -2.14. The molecule has 0 aromatic heterocycles. The number of hydrogen-bond donors (Lipinski definition) is 1. The fourth-order valence-corrected chi connectivity index (χ4v) is 3.48. The zero-order chi connectivity index (χ0) is 14.2. The number of nitrogens with one attached hydrogen (secondary N) is 1. The fraction of sp³-hybridized carbons (Fsp3) is 0.471. The van der Waals surface area contributed by atoms with E-state index >= 15 is 0 Å². The molecule has 1 fully saturated rings. The van der Waals surface area contributed by atoms with Crippen LogP contribution in [0.15, 0.2) is 40.9 Å². The predicted molar refractivity (Wildman–Crippen MR) is 81.6 cm³/mol. The molecule has 0 bridgehead atoms. The van der Waals surface area contributed by atoms with Gasteiger partial charge in [0.1, 0.15) is 6.10 Å². The van der Waals surface area contributed by atoms with E-state index in [9.17, 15) is 0 Å². The number of rotatable bonds is 2. The fourth-order valence-electron chi connectivity index (χ4n) is 3.48. The molecule has 1 aromatic carbocycles. The van der Waals surface area contributed by atoms with Crippen LogP contribution in [0.2, 0.25) is 0 Å². The van der Waals surface area contributed by atoms with Crippen LogP contribution in [-0.2, 0) is 9.57 Å². The number of ether oxygens (including phenoxy) is 1. The van der Waals surface area contributed by atoms with Crippen molar-refractivity contribution in [1.82, 2.24) is 5.48 Å². The Morgan fingerprint density at radius 2 is 2.10 bits per heavy atom. The highest BCUT2D eigenvalue weighted by atomic mass is 16.7. The SMILES string of the molecule is COC1=NC(C2C3=C(c4ccccc4)NOC32)CCCC1. The van der Waals surface area contributed by atoms with Crippen molar-refractivity contribution in [2.24, 2.45) is 10.9 Å². The third-order valence-corrected chi connectivity index (χ3v) is 4.62. The van der Waals surface area contributed by atoms with E-state index in [1.807, 2.05) is 6.07 Å². The first-order valence-corrected chi connectivity index (χ1v) is 7.70. The zero-order valence-electron chi connectivity index (χ0n) is 12.2. The normalized spacial score (nSPS) is 31.1. The molecule has 1 saturated carbocycles. The van der Waals surface area contributed by atoms with Gasteiger partial charge >= 0.3 is 0 Å². The minimum Gasteiger partial charge on any atom is -0.484 e. The van der Waals surface area contributed by atoms with Crippen LogP contribution >= 0.6 is 0 Å². The second kappa shape index (κ2) is 5.19. The molecule has 3 aliphatic rings. The lowest BCUT2D eigenvalue weighted by atomic mass is 10.0. The average molecular weight is 284 g/mol. The van der Waals surface area contributed by atoms with Gasteiger partial charge in [-0.15, -0.1) is 0 Å². The Morgan fingerprint density at radius 1 is 1.24 bits per heavy atom. The quantitative estimate of drug-likeness (QED) is 0.908. The molecule has 3 unspecified atom stereocenters. The Kier molecular flexibility index (Phi) is 3.19. The Bertz CT molecular complexity index is 594. The summed E-state index contributed by atoms with van der Waals surface area (Å²) in [5, 5.41) is 0. The number of nitrogens with zero attached hydrogens (tertiary/aromatic N) is 1. The number of hydrogen-bond acceptors (Lipinski definition) is 4. The van der Waals surface area contributed by atoms with Crippen LogP contribution in [-0.4, -0.2) is 25.2 Å². The standard InChI is InChI=1S/C17H20N2O2/c1-20-13-10-6-5-9-12(18-13)14-15-16(19-21-17(14)15)11-7-3-2-4-8-11/h2-4,7-8,12,14,17,19H,5-6,9-10H2,1H3. The van der Waals surface area contributed by atoms with Gasteiger partial charge < -0.3 is 4.74 Å². The van der Waals surface area contributed by atoms with Crippen molar-refractivity contribution in [2.75, 3.05) is 7.11 Å². The Morgan fingerprint density at radius 3 is 2.90 bits per heavy atom. The van der Waals surface area contributed by atoms with Crippen LogP contribution in [0, 0.1) is 5.92 Å². The van der Waals surface area contributed by atoms with Gasteiger partial charge in [0.15, 0.2) is 5.90 Å². The van der Waals surface area contributed by atoms with Crippen molar-refractivity contribution >= 4 is 11.6 Å². The molecule has 4 rings (SSSR count). The number of aliphatic imine (C=N–C) groups is 1. The number of fused-ring (bicyclic) bond motifs is 1. The molecule has 0 amide bonds. The number of benzene rings is 1. The molecule has 4 nitrogen and oxygen atoms in total. The van der Waals surface area contributed by atoms with E-state index in [0.29, 0.717) is 12.0 Å². The Hall–Kier alpha value is -1.81. The minimum absolute atomic E-state index is 0.199. The largest absolute Gasteiger partial charge is 0.484 e. The summed E-state index contributed by atoms with van der Waals surface area (Å²) in [6.45, 7) is 0. The maximum absolute atomic E-state index is 5.74. The van der Waals surface area contributed by atoms with Crippen molar-refractivity contribution < 1.29 is 9.57 Å². The van der Waals surface area contributed by atoms with Crippen molar-refractivity contribution in [3.05, 3.63) is 41.5 Å². The van der Waals surface area contributed by atoms with Crippen LogP contribution in [0.1, 0.15) is 31.2 Å². The molecule has 2 aliphatic heterocycles. The summed E-state index contributed by atoms with van der Waals surface area (Å²) in [5.74, 6) is 1.32. The van der Waals surface area contributed by atoms with Gasteiger partial charge in [-0.25, -0.2) is 0 Å². The van der Waals surface area contributed by atoms with Gasteiger partial charge in [-0.2, -0.15) is 0 Å². The molecular formula is C17H20N2O2. The molecule has 110 valence electrons. The van der Waals surface area contributed by atoms with E-state index in [2.05, 4.69) is 29.7 Å². The highest BCUT2D eigenvalue weighted by Gasteiger charge is 2.56. The van der Waals surface area contributed by atoms with E-state index in [4.69, 9.17) is 14.6 Å². The molecule has 2 heterocycles. The summed E-state index contributed by atoms with van der Waals surface area (Å²) in [5.41, 5.74) is 6.80. The molecule has 1 N–H and O–H groups in total. The molecule has 1 aromatic rings. The molecule has 0 spiro atoms. The third kappa shape index (κ3) is 2.23. The number of methoxy groups -OCH3 is 1. The summed E-state index contributed by atoms with van der Waals surface area (Å²) >= 11 is 0. The van der Waals surface area contributed by atoms with Gasteiger partial charge in [0.2, 0.25) is 0 Å². The highest BCUT2D eigenvalue weighted by Crippen LogP contribution is 2.52. The van der Waals surface area contributed by atoms with Crippen molar-refractivity contribution in [3.63, 3.8) is 0 Å². The lowest BCUT2D eigenvalue weighted by Crippen LogP contribution is -2.19. The second-order valence-electron chi connectivity index (χ2n) is 5.90. The lowest BCUT2D eigenvalue weighted by molar-refractivity contribution is 0.0658. The van der Waals surface area contributed by atoms with Crippen molar-refractivity contribution in [1.29, 1.82) is 0 Å². The van der Waals surface area contributed by atoms with E-state index in [-0.39, 0.29) is 6.10 Å². The first kappa shape index (κ1) is 12.9. The second-order valence-corrected chi connectivity index (χ2v) is 5.90. The average Bonchev–Trinajstić information content (AvgIpc) is 3.16. The van der Waals surface area contributed by atoms with Gasteiger partial charge in [-0.1, -0.05) is 36.8 Å². The maximum Gasteiger partial charge on any atom is 0.183 e. The van der Waals surface area contributed by atoms with Gasteiger partial charge in [-0.05, 0) is 24.0 Å². The highest BCUT2D eigenvalue weighted by molar-refractivity contribution is 5.78. The molecular weight excluding hydrogens is 264 g/mol.